The van der Waals surface area contributed by atoms with Crippen LogP contribution in [0.15, 0.2) is 46.0 Å². The molecule has 0 spiro atoms. The summed E-state index contributed by atoms with van der Waals surface area (Å²) in [5.41, 5.74) is 6.67. The number of anilines is 1. The van der Waals surface area contributed by atoms with Crippen LogP contribution in [0.2, 0.25) is 0 Å². The van der Waals surface area contributed by atoms with Crippen LogP contribution >= 0.6 is 0 Å². The number of Topliss-reactive ketones (excluding diaryl/α,β-unsaturated/α-hetero) is 1. The molecule has 16 nitrogen and oxygen atoms in total. The van der Waals surface area contributed by atoms with Crippen molar-refractivity contribution < 1.29 is 24.0 Å². The fraction of sp³-hybridized carbons (Fsp3) is 0.296. The summed E-state index contributed by atoms with van der Waals surface area (Å²) >= 11 is 0. The fourth-order valence-electron chi connectivity index (χ4n) is 4.81. The zero-order chi connectivity index (χ0) is 30.8. The number of nitrogens with zero attached hydrogens (tertiary/aromatic N) is 6. The molecule has 2 aliphatic rings. The molecule has 16 heteroatoms. The van der Waals surface area contributed by atoms with Gasteiger partial charge in [-0.3, -0.25) is 44.2 Å². The zero-order valence-electron chi connectivity index (χ0n) is 22.8. The molecule has 2 fully saturated rings. The Hall–Kier alpha value is -5.67. The summed E-state index contributed by atoms with van der Waals surface area (Å²) in [6.45, 7) is 1.47. The molecule has 2 unspecified atom stereocenters. The lowest BCUT2D eigenvalue weighted by Crippen LogP contribution is -2.45. The average Bonchev–Trinajstić information content (AvgIpc) is 2.95. The number of rotatable bonds is 4. The molecule has 0 aliphatic carbocycles. The number of carbonyl (C=O) groups is 5. The summed E-state index contributed by atoms with van der Waals surface area (Å²) in [4.78, 5) is 82.2. The summed E-state index contributed by atoms with van der Waals surface area (Å²) in [5.74, 6) is -1.83. The van der Waals surface area contributed by atoms with Gasteiger partial charge in [-0.25, -0.2) is 0 Å². The largest absolute Gasteiger partial charge is 0.399 e. The first-order valence-electron chi connectivity index (χ1n) is 13.2. The van der Waals surface area contributed by atoms with Crippen molar-refractivity contribution in [2.75, 3.05) is 5.73 Å². The Morgan fingerprint density at radius 1 is 0.791 bits per heavy atom. The van der Waals surface area contributed by atoms with Crippen molar-refractivity contribution >= 4 is 56.9 Å². The van der Waals surface area contributed by atoms with Gasteiger partial charge in [0.2, 0.25) is 11.8 Å². The van der Waals surface area contributed by atoms with Gasteiger partial charge in [0.25, 0.3) is 22.9 Å². The highest BCUT2D eigenvalue weighted by Gasteiger charge is 2.31. The molecule has 43 heavy (non-hydrogen) atoms. The Balaban J connectivity index is 0.000000173. The van der Waals surface area contributed by atoms with Gasteiger partial charge in [-0.2, -0.15) is 9.36 Å². The van der Waals surface area contributed by atoms with Gasteiger partial charge in [0.1, 0.15) is 28.9 Å². The van der Waals surface area contributed by atoms with E-state index in [1.54, 1.807) is 30.3 Å². The lowest BCUT2D eigenvalue weighted by Gasteiger charge is -2.21. The van der Waals surface area contributed by atoms with Gasteiger partial charge in [0, 0.05) is 24.9 Å². The first-order chi connectivity index (χ1) is 20.5. The highest BCUT2D eigenvalue weighted by molar-refractivity contribution is 6.00. The first kappa shape index (κ1) is 28.8. The highest BCUT2D eigenvalue weighted by atomic mass is 16.2. The molecule has 2 aromatic carbocycles. The summed E-state index contributed by atoms with van der Waals surface area (Å²) in [7, 11) is 0. The molecule has 220 valence electrons. The third-order valence-electron chi connectivity index (χ3n) is 6.92. The van der Waals surface area contributed by atoms with Crippen LogP contribution < -0.4 is 27.5 Å². The van der Waals surface area contributed by atoms with Gasteiger partial charge in [0.15, 0.2) is 0 Å². The fourth-order valence-corrected chi connectivity index (χ4v) is 4.81. The molecule has 0 radical (unpaired) electrons. The van der Waals surface area contributed by atoms with Gasteiger partial charge in [-0.1, -0.05) is 16.5 Å². The Kier molecular flexibility index (Phi) is 7.83. The van der Waals surface area contributed by atoms with Crippen LogP contribution in [0.25, 0.3) is 21.8 Å². The number of benzene rings is 2. The Labute approximate surface area is 241 Å². The summed E-state index contributed by atoms with van der Waals surface area (Å²) < 4.78 is 2.01. The summed E-state index contributed by atoms with van der Waals surface area (Å²) in [6, 6.07) is 7.96. The number of imide groups is 2. The molecule has 2 aliphatic heterocycles. The Morgan fingerprint density at radius 2 is 1.28 bits per heavy atom. The smallest absolute Gasteiger partial charge is 0.278 e. The Morgan fingerprint density at radius 3 is 1.77 bits per heavy atom. The number of ketones is 1. The lowest BCUT2D eigenvalue weighted by molar-refractivity contribution is -0.137. The van der Waals surface area contributed by atoms with E-state index in [0.29, 0.717) is 33.1 Å². The van der Waals surface area contributed by atoms with E-state index in [0.717, 1.165) is 9.36 Å². The predicted molar refractivity (Wildman–Crippen MR) is 149 cm³/mol. The van der Waals surface area contributed by atoms with Crippen LogP contribution in [0.3, 0.4) is 0 Å². The van der Waals surface area contributed by atoms with Crippen LogP contribution in [-0.2, 0) is 30.4 Å². The average molecular weight is 588 g/mol. The number of amides is 4. The normalized spacial score (nSPS) is 18.5. The third kappa shape index (κ3) is 6.02. The number of nitrogen functional groups attached to an aromatic ring is 1. The molecule has 0 saturated carbocycles. The van der Waals surface area contributed by atoms with Crippen molar-refractivity contribution in [1.29, 1.82) is 0 Å². The molecule has 0 bridgehead atoms. The number of aromatic nitrogens is 6. The molecule has 4 heterocycles. The van der Waals surface area contributed by atoms with Crippen molar-refractivity contribution in [2.45, 2.75) is 51.1 Å². The number of fused-ring (bicyclic) bond motifs is 2. The topological polar surface area (TPSA) is 231 Å². The van der Waals surface area contributed by atoms with E-state index in [2.05, 4.69) is 31.3 Å². The van der Waals surface area contributed by atoms with Crippen LogP contribution in [-0.4, -0.2) is 59.4 Å². The quantitative estimate of drug-likeness (QED) is 0.198. The molecule has 6 rings (SSSR count). The number of nitrogens with two attached hydrogens (primary N) is 1. The van der Waals surface area contributed by atoms with Crippen molar-refractivity contribution in [3.8, 4) is 0 Å². The van der Waals surface area contributed by atoms with E-state index in [4.69, 9.17) is 5.73 Å². The van der Waals surface area contributed by atoms with Crippen LogP contribution in [0.1, 0.15) is 50.3 Å². The molecule has 2 aromatic heterocycles. The molecule has 4 amide bonds. The van der Waals surface area contributed by atoms with E-state index in [1.807, 2.05) is 0 Å². The number of nitrogens with one attached hydrogen (secondary N) is 2. The van der Waals surface area contributed by atoms with Gasteiger partial charge in [-0.05, 0) is 55.7 Å². The maximum Gasteiger partial charge on any atom is 0.278 e. The number of hydrogen-bond donors (Lipinski definition) is 3. The van der Waals surface area contributed by atoms with Crippen molar-refractivity contribution in [3.05, 3.63) is 62.7 Å². The molecular weight excluding hydrogens is 562 g/mol. The van der Waals surface area contributed by atoms with E-state index in [1.165, 1.54) is 13.0 Å². The molecule has 4 N–H and O–H groups in total. The number of hydrogen-bond acceptors (Lipinski definition) is 12. The van der Waals surface area contributed by atoms with Crippen molar-refractivity contribution in [2.24, 2.45) is 0 Å². The van der Waals surface area contributed by atoms with Crippen LogP contribution in [0.4, 0.5) is 5.69 Å². The second-order valence-electron chi connectivity index (χ2n) is 10.1. The second-order valence-corrected chi connectivity index (χ2v) is 10.1. The Bertz CT molecular complexity index is 1950. The van der Waals surface area contributed by atoms with Crippen LogP contribution in [0.5, 0.6) is 0 Å². The van der Waals surface area contributed by atoms with Crippen LogP contribution in [0, 0.1) is 0 Å². The first-order valence-corrected chi connectivity index (χ1v) is 13.2. The summed E-state index contributed by atoms with van der Waals surface area (Å²) in [5, 5.41) is 20.4. The zero-order valence-corrected chi connectivity index (χ0v) is 22.8. The molecule has 2 atom stereocenters. The number of carbonyl (C=O) groups excluding carboxylic acids is 5. The van der Waals surface area contributed by atoms with Gasteiger partial charge in [0.05, 0.1) is 10.8 Å². The SMILES string of the molecule is CC(=O)Cc1ccc2nnn(C3CCC(=O)NC3=O)c(=O)c2c1.Nc1ccc2nnn(C3CCC(=O)NC3=O)c(=O)c2c1. The minimum Gasteiger partial charge on any atom is -0.399 e. The van der Waals surface area contributed by atoms with E-state index >= 15 is 0 Å². The van der Waals surface area contributed by atoms with Gasteiger partial charge in [-0.15, -0.1) is 10.2 Å². The lowest BCUT2D eigenvalue weighted by atomic mass is 10.1. The van der Waals surface area contributed by atoms with E-state index in [9.17, 15) is 33.6 Å². The monoisotopic (exact) mass is 587 g/mol. The third-order valence-corrected chi connectivity index (χ3v) is 6.92. The summed E-state index contributed by atoms with van der Waals surface area (Å²) in [6.07, 6.45) is 0.966. The maximum atomic E-state index is 12.6. The maximum absolute atomic E-state index is 12.6. The second kappa shape index (κ2) is 11.7. The molecule has 4 aromatic rings. The van der Waals surface area contributed by atoms with Gasteiger partial charge >= 0.3 is 0 Å². The van der Waals surface area contributed by atoms with Crippen molar-refractivity contribution in [3.63, 3.8) is 0 Å². The molecular formula is C27H25N9O7. The minimum atomic E-state index is -0.853. The highest BCUT2D eigenvalue weighted by Crippen LogP contribution is 2.18. The van der Waals surface area contributed by atoms with E-state index in [-0.39, 0.29) is 49.7 Å². The van der Waals surface area contributed by atoms with E-state index < -0.39 is 35.0 Å². The predicted octanol–water partition coefficient (Wildman–Crippen LogP) is -0.748. The minimum absolute atomic E-state index is 0.0168. The standard InChI is InChI=1S/C15H14N4O4.C12H11N5O3/c1-8(20)6-9-2-3-11-10(7-9)15(23)19(18-17-11)12-4-5-13(21)16-14(12)22;13-6-1-2-8-7(5-6)12(20)17(16-15-8)9-3-4-10(18)14-11(9)19/h2-3,7,12H,4-6H2,1H3,(H,16,21,22);1-2,5,9H,3-4,13H2,(H,14,18,19). The van der Waals surface area contributed by atoms with Gasteiger partial charge < -0.3 is 5.73 Å². The molecule has 2 saturated heterocycles. The number of piperidine rings is 2. The van der Waals surface area contributed by atoms with Crippen molar-refractivity contribution in [1.82, 2.24) is 40.6 Å².